The summed E-state index contributed by atoms with van der Waals surface area (Å²) in [7, 11) is 1.54. The predicted octanol–water partition coefficient (Wildman–Crippen LogP) is 1.44. The number of hydrogen-bond acceptors (Lipinski definition) is 6. The van der Waals surface area contributed by atoms with Crippen LogP contribution in [0.5, 0.6) is 5.75 Å². The third kappa shape index (κ3) is 6.26. The molecular weight excluding hydrogens is 452 g/mol. The number of ether oxygens (including phenoxy) is 1. The molecule has 0 spiro atoms. The third-order valence-electron chi connectivity index (χ3n) is 6.03. The predicted molar refractivity (Wildman–Crippen MR) is 129 cm³/mol. The van der Waals surface area contributed by atoms with E-state index in [1.807, 2.05) is 19.9 Å². The Morgan fingerprint density at radius 3 is 2.57 bits per heavy atom. The van der Waals surface area contributed by atoms with E-state index in [0.29, 0.717) is 30.7 Å². The first-order valence-corrected chi connectivity index (χ1v) is 11.7. The van der Waals surface area contributed by atoms with Crippen molar-refractivity contribution in [1.82, 2.24) is 20.5 Å². The molecule has 3 rings (SSSR count). The SMILES string of the molecule is COc1cccc2[nH]c(C(=O)N[C@@H](CC(C)C)C(=O)CN(C[C@@H]3CCNC3=O)C(=O)C(C)=O)cc12. The number of H-pyrrole nitrogens is 1. The lowest BCUT2D eigenvalue weighted by Crippen LogP contribution is -2.49. The number of rotatable bonds is 11. The van der Waals surface area contributed by atoms with Gasteiger partial charge in [0, 0.05) is 30.9 Å². The van der Waals surface area contributed by atoms with Crippen LogP contribution in [0.3, 0.4) is 0 Å². The topological polar surface area (TPSA) is 138 Å². The summed E-state index contributed by atoms with van der Waals surface area (Å²) in [5.74, 6) is -2.42. The monoisotopic (exact) mass is 484 g/mol. The average molecular weight is 485 g/mol. The Bertz CT molecular complexity index is 1140. The Labute approximate surface area is 203 Å². The summed E-state index contributed by atoms with van der Waals surface area (Å²) in [6, 6.07) is 6.18. The molecule has 0 bridgehead atoms. The Balaban J connectivity index is 1.78. The van der Waals surface area contributed by atoms with Crippen molar-refractivity contribution in [1.29, 1.82) is 0 Å². The van der Waals surface area contributed by atoms with E-state index in [1.54, 1.807) is 25.3 Å². The smallest absolute Gasteiger partial charge is 0.290 e. The van der Waals surface area contributed by atoms with E-state index in [0.717, 1.165) is 17.2 Å². The van der Waals surface area contributed by atoms with E-state index in [2.05, 4.69) is 15.6 Å². The lowest BCUT2D eigenvalue weighted by atomic mass is 9.99. The van der Waals surface area contributed by atoms with Crippen molar-refractivity contribution >= 4 is 40.2 Å². The first-order chi connectivity index (χ1) is 16.6. The van der Waals surface area contributed by atoms with Crippen LogP contribution in [0.4, 0.5) is 0 Å². The number of ketones is 2. The highest BCUT2D eigenvalue weighted by Crippen LogP contribution is 2.26. The molecule has 0 unspecified atom stereocenters. The summed E-state index contributed by atoms with van der Waals surface area (Å²) < 4.78 is 5.34. The Morgan fingerprint density at radius 2 is 1.97 bits per heavy atom. The van der Waals surface area contributed by atoms with Crippen LogP contribution in [0.25, 0.3) is 10.9 Å². The van der Waals surface area contributed by atoms with Gasteiger partial charge in [-0.15, -0.1) is 0 Å². The number of aromatic nitrogens is 1. The molecule has 188 valence electrons. The lowest BCUT2D eigenvalue weighted by molar-refractivity contribution is -0.146. The van der Waals surface area contributed by atoms with Gasteiger partial charge in [-0.1, -0.05) is 19.9 Å². The van der Waals surface area contributed by atoms with Gasteiger partial charge < -0.3 is 25.3 Å². The van der Waals surface area contributed by atoms with Crippen LogP contribution in [0.2, 0.25) is 0 Å². The second-order valence-corrected chi connectivity index (χ2v) is 9.24. The Morgan fingerprint density at radius 1 is 1.23 bits per heavy atom. The molecule has 2 atom stereocenters. The molecule has 3 N–H and O–H groups in total. The molecule has 10 nitrogen and oxygen atoms in total. The van der Waals surface area contributed by atoms with Crippen LogP contribution in [0, 0.1) is 11.8 Å². The number of Topliss-reactive ketones (excluding diaryl/α,β-unsaturated/α-hetero) is 2. The van der Waals surface area contributed by atoms with Gasteiger partial charge in [-0.3, -0.25) is 24.0 Å². The quantitative estimate of drug-likeness (QED) is 0.413. The number of methoxy groups -OCH3 is 1. The van der Waals surface area contributed by atoms with Crippen molar-refractivity contribution in [2.24, 2.45) is 11.8 Å². The number of fused-ring (bicyclic) bond motifs is 1. The molecule has 0 saturated carbocycles. The summed E-state index contributed by atoms with van der Waals surface area (Å²) in [6.45, 7) is 5.05. The highest BCUT2D eigenvalue weighted by Gasteiger charge is 2.32. The Hall–Kier alpha value is -3.69. The van der Waals surface area contributed by atoms with Gasteiger partial charge in [-0.25, -0.2) is 0 Å². The highest BCUT2D eigenvalue weighted by molar-refractivity contribution is 6.35. The number of nitrogens with zero attached hydrogens (tertiary/aromatic N) is 1. The zero-order valence-corrected chi connectivity index (χ0v) is 20.5. The number of carbonyl (C=O) groups excluding carboxylic acids is 5. The maximum Gasteiger partial charge on any atom is 0.290 e. The average Bonchev–Trinajstić information content (AvgIpc) is 3.43. The molecule has 10 heteroatoms. The zero-order valence-electron chi connectivity index (χ0n) is 20.5. The van der Waals surface area contributed by atoms with Crippen molar-refractivity contribution in [3.63, 3.8) is 0 Å². The standard InChI is InChI=1S/C25H32N4O6/c1-14(2)10-19(28-24(33)20-11-17-18(27-20)6-5-7-22(17)35-4)21(31)13-29(25(34)15(3)30)12-16-8-9-26-23(16)32/h5-7,11,14,16,19,27H,8-10,12-13H2,1-4H3,(H,26,32)(H,28,33)/t16-,19-/m0/s1. The number of hydrogen-bond donors (Lipinski definition) is 3. The van der Waals surface area contributed by atoms with Crippen molar-refractivity contribution in [2.45, 2.75) is 39.7 Å². The largest absolute Gasteiger partial charge is 0.496 e. The van der Waals surface area contributed by atoms with Crippen LogP contribution in [-0.2, 0) is 19.2 Å². The van der Waals surface area contributed by atoms with Crippen LogP contribution >= 0.6 is 0 Å². The summed E-state index contributed by atoms with van der Waals surface area (Å²) in [6.07, 6.45) is 0.866. The molecule has 1 aliphatic heterocycles. The molecular formula is C25H32N4O6. The fourth-order valence-electron chi connectivity index (χ4n) is 4.23. The lowest BCUT2D eigenvalue weighted by Gasteiger charge is -2.26. The van der Waals surface area contributed by atoms with Crippen molar-refractivity contribution < 1.29 is 28.7 Å². The van der Waals surface area contributed by atoms with Crippen molar-refractivity contribution in [3.05, 3.63) is 30.0 Å². The second kappa shape index (κ2) is 11.2. The van der Waals surface area contributed by atoms with Gasteiger partial charge >= 0.3 is 0 Å². The zero-order chi connectivity index (χ0) is 25.7. The van der Waals surface area contributed by atoms with Gasteiger partial charge in [0.2, 0.25) is 11.7 Å². The van der Waals surface area contributed by atoms with Gasteiger partial charge in [-0.2, -0.15) is 0 Å². The van der Waals surface area contributed by atoms with Crippen LogP contribution in [0.15, 0.2) is 24.3 Å². The summed E-state index contributed by atoms with van der Waals surface area (Å²) in [5, 5.41) is 6.20. The van der Waals surface area contributed by atoms with E-state index >= 15 is 0 Å². The summed E-state index contributed by atoms with van der Waals surface area (Å²) >= 11 is 0. The van der Waals surface area contributed by atoms with E-state index < -0.39 is 35.3 Å². The molecule has 2 aromatic rings. The first-order valence-electron chi connectivity index (χ1n) is 11.7. The van der Waals surface area contributed by atoms with Crippen molar-refractivity contribution in [3.8, 4) is 5.75 Å². The summed E-state index contributed by atoms with van der Waals surface area (Å²) in [5.41, 5.74) is 0.986. The summed E-state index contributed by atoms with van der Waals surface area (Å²) in [4.78, 5) is 66.7. The fourth-order valence-corrected chi connectivity index (χ4v) is 4.23. The molecule has 3 amide bonds. The number of benzene rings is 1. The van der Waals surface area contributed by atoms with Gasteiger partial charge in [0.15, 0.2) is 5.78 Å². The Kier molecular flexibility index (Phi) is 8.26. The molecule has 1 aromatic heterocycles. The second-order valence-electron chi connectivity index (χ2n) is 9.24. The third-order valence-corrected chi connectivity index (χ3v) is 6.03. The minimum absolute atomic E-state index is 0.0276. The van der Waals surface area contributed by atoms with E-state index in [-0.39, 0.29) is 30.6 Å². The molecule has 1 saturated heterocycles. The van der Waals surface area contributed by atoms with Gasteiger partial charge in [0.25, 0.3) is 11.8 Å². The fraction of sp³-hybridized carbons (Fsp3) is 0.480. The normalized spacial score (nSPS) is 16.1. The van der Waals surface area contributed by atoms with Gasteiger partial charge in [-0.05, 0) is 37.0 Å². The highest BCUT2D eigenvalue weighted by atomic mass is 16.5. The molecule has 35 heavy (non-hydrogen) atoms. The molecule has 1 aliphatic rings. The molecule has 1 aromatic carbocycles. The van der Waals surface area contributed by atoms with Gasteiger partial charge in [0.05, 0.1) is 25.6 Å². The maximum absolute atomic E-state index is 13.3. The molecule has 0 radical (unpaired) electrons. The van der Waals surface area contributed by atoms with Crippen molar-refractivity contribution in [2.75, 3.05) is 26.7 Å². The van der Waals surface area contributed by atoms with Crippen LogP contribution in [-0.4, -0.2) is 72.0 Å². The van der Waals surface area contributed by atoms with Crippen LogP contribution < -0.4 is 15.4 Å². The van der Waals surface area contributed by atoms with Crippen LogP contribution in [0.1, 0.15) is 44.1 Å². The minimum atomic E-state index is -0.879. The van der Waals surface area contributed by atoms with E-state index in [4.69, 9.17) is 4.74 Å². The molecule has 0 aliphatic carbocycles. The molecule has 1 fully saturated rings. The minimum Gasteiger partial charge on any atom is -0.496 e. The maximum atomic E-state index is 13.3. The number of amides is 3. The van der Waals surface area contributed by atoms with E-state index in [9.17, 15) is 24.0 Å². The van der Waals surface area contributed by atoms with E-state index in [1.165, 1.54) is 0 Å². The number of nitrogens with one attached hydrogen (secondary N) is 3. The first kappa shape index (κ1) is 25.9. The van der Waals surface area contributed by atoms with Gasteiger partial charge in [0.1, 0.15) is 11.4 Å². The molecule has 2 heterocycles. The number of aromatic amines is 1. The number of carbonyl (C=O) groups is 5.